The molecule has 0 saturated heterocycles. The predicted octanol–water partition coefficient (Wildman–Crippen LogP) is 5.72. The standard InChI is InChI=1S/C29H50O6/c1-5-6-7-8-24-20-27(31)29(26-19-23(4)9-10-25(26)22(2)3)28(21-24)35-18-17-34-16-15-33-14-13-32-12-11-30/h20-23,25-26,30-31H,5-19H2,1-4H3/t23-,25-,26+/m0/s1. The van der Waals surface area contributed by atoms with Crippen molar-refractivity contribution in [3.63, 3.8) is 0 Å². The lowest BCUT2D eigenvalue weighted by molar-refractivity contribution is 0.00351. The number of unbranched alkanes of at least 4 members (excludes halogenated alkanes) is 2. The van der Waals surface area contributed by atoms with Crippen LogP contribution in [0.15, 0.2) is 12.1 Å². The van der Waals surface area contributed by atoms with Crippen LogP contribution in [0, 0.1) is 17.8 Å². The molecule has 6 nitrogen and oxygen atoms in total. The van der Waals surface area contributed by atoms with Gasteiger partial charge in [0.2, 0.25) is 0 Å². The Balaban J connectivity index is 1.98. The Bertz CT molecular complexity index is 692. The summed E-state index contributed by atoms with van der Waals surface area (Å²) in [6.07, 6.45) is 8.01. The van der Waals surface area contributed by atoms with Gasteiger partial charge in [-0.25, -0.2) is 0 Å². The summed E-state index contributed by atoms with van der Waals surface area (Å²) in [6.45, 7) is 12.4. The van der Waals surface area contributed by atoms with Crippen molar-refractivity contribution in [2.24, 2.45) is 17.8 Å². The third-order valence-corrected chi connectivity index (χ3v) is 7.11. The third-order valence-electron chi connectivity index (χ3n) is 7.11. The second-order valence-corrected chi connectivity index (χ2v) is 10.3. The summed E-state index contributed by atoms with van der Waals surface area (Å²) >= 11 is 0. The summed E-state index contributed by atoms with van der Waals surface area (Å²) in [5, 5.41) is 19.9. The van der Waals surface area contributed by atoms with Gasteiger partial charge in [-0.2, -0.15) is 0 Å². The molecule has 1 aliphatic rings. The molecule has 0 amide bonds. The monoisotopic (exact) mass is 494 g/mol. The fourth-order valence-corrected chi connectivity index (χ4v) is 5.23. The highest BCUT2D eigenvalue weighted by Crippen LogP contribution is 2.49. The van der Waals surface area contributed by atoms with Crippen molar-refractivity contribution in [1.29, 1.82) is 0 Å². The highest BCUT2D eigenvalue weighted by Gasteiger charge is 2.35. The minimum Gasteiger partial charge on any atom is -0.508 e. The van der Waals surface area contributed by atoms with Gasteiger partial charge in [-0.1, -0.05) is 47.0 Å². The van der Waals surface area contributed by atoms with Gasteiger partial charge in [0.25, 0.3) is 0 Å². The Morgan fingerprint density at radius 2 is 1.57 bits per heavy atom. The van der Waals surface area contributed by atoms with E-state index in [1.165, 1.54) is 25.7 Å². The largest absolute Gasteiger partial charge is 0.508 e. The van der Waals surface area contributed by atoms with E-state index in [1.807, 2.05) is 6.07 Å². The van der Waals surface area contributed by atoms with E-state index < -0.39 is 0 Å². The maximum atomic E-state index is 11.2. The first-order valence-electron chi connectivity index (χ1n) is 13.8. The van der Waals surface area contributed by atoms with E-state index in [9.17, 15) is 5.11 Å². The first-order valence-corrected chi connectivity index (χ1v) is 13.8. The number of phenols is 1. The number of hydrogen-bond donors (Lipinski definition) is 2. The van der Waals surface area contributed by atoms with Crippen molar-refractivity contribution in [3.8, 4) is 11.5 Å². The molecule has 0 unspecified atom stereocenters. The van der Waals surface area contributed by atoms with E-state index >= 15 is 0 Å². The molecule has 1 aromatic carbocycles. The maximum Gasteiger partial charge on any atom is 0.126 e. The van der Waals surface area contributed by atoms with Crippen LogP contribution in [-0.4, -0.2) is 63.1 Å². The van der Waals surface area contributed by atoms with Crippen LogP contribution < -0.4 is 4.74 Å². The van der Waals surface area contributed by atoms with Gasteiger partial charge in [-0.3, -0.25) is 0 Å². The number of aromatic hydroxyl groups is 1. The zero-order valence-corrected chi connectivity index (χ0v) is 22.6. The maximum absolute atomic E-state index is 11.2. The van der Waals surface area contributed by atoms with E-state index in [0.717, 1.165) is 36.1 Å². The number of phenolic OH excluding ortho intramolecular Hbond substituents is 1. The minimum absolute atomic E-state index is 0.0299. The fraction of sp³-hybridized carbons (Fsp3) is 0.793. The van der Waals surface area contributed by atoms with E-state index in [4.69, 9.17) is 24.1 Å². The number of aliphatic hydroxyl groups is 1. The SMILES string of the molecule is CCCCCc1cc(O)c([C@@H]2C[C@@H](C)CC[C@H]2C(C)C)c(OCCOCCOCCOCCO)c1. The Morgan fingerprint density at radius 1 is 0.914 bits per heavy atom. The highest BCUT2D eigenvalue weighted by molar-refractivity contribution is 5.50. The zero-order valence-electron chi connectivity index (χ0n) is 22.6. The molecule has 2 rings (SSSR count). The lowest BCUT2D eigenvalue weighted by atomic mass is 9.67. The van der Waals surface area contributed by atoms with Crippen molar-refractivity contribution in [2.75, 3.05) is 52.9 Å². The smallest absolute Gasteiger partial charge is 0.126 e. The average molecular weight is 495 g/mol. The van der Waals surface area contributed by atoms with Crippen LogP contribution in [0.3, 0.4) is 0 Å². The minimum atomic E-state index is 0.0299. The number of aryl methyl sites for hydroxylation is 1. The fourth-order valence-electron chi connectivity index (χ4n) is 5.23. The molecule has 0 bridgehead atoms. The number of benzene rings is 1. The predicted molar refractivity (Wildman–Crippen MR) is 140 cm³/mol. The van der Waals surface area contributed by atoms with Gasteiger partial charge >= 0.3 is 0 Å². The second kappa shape index (κ2) is 17.2. The number of ether oxygens (including phenoxy) is 4. The van der Waals surface area contributed by atoms with Gasteiger partial charge in [-0.15, -0.1) is 0 Å². The molecule has 202 valence electrons. The summed E-state index contributed by atoms with van der Waals surface area (Å²) in [5.74, 6) is 3.34. The second-order valence-electron chi connectivity index (χ2n) is 10.3. The summed E-state index contributed by atoms with van der Waals surface area (Å²) in [5.41, 5.74) is 2.15. The zero-order chi connectivity index (χ0) is 25.5. The average Bonchev–Trinajstić information content (AvgIpc) is 2.82. The Morgan fingerprint density at radius 3 is 2.20 bits per heavy atom. The van der Waals surface area contributed by atoms with Gasteiger partial charge in [0, 0.05) is 5.56 Å². The van der Waals surface area contributed by atoms with E-state index in [0.29, 0.717) is 75.7 Å². The molecule has 35 heavy (non-hydrogen) atoms. The van der Waals surface area contributed by atoms with E-state index in [-0.39, 0.29) is 6.61 Å². The van der Waals surface area contributed by atoms with Gasteiger partial charge in [-0.05, 0) is 67.1 Å². The molecule has 0 spiro atoms. The number of hydrogen-bond acceptors (Lipinski definition) is 6. The van der Waals surface area contributed by atoms with Crippen LogP contribution in [0.2, 0.25) is 0 Å². The summed E-state index contributed by atoms with van der Waals surface area (Å²) < 4.78 is 22.6. The molecule has 0 radical (unpaired) electrons. The number of aliphatic hydroxyl groups excluding tert-OH is 1. The van der Waals surface area contributed by atoms with Crippen molar-refractivity contribution < 1.29 is 29.2 Å². The van der Waals surface area contributed by atoms with Crippen LogP contribution in [0.1, 0.15) is 83.3 Å². The quantitative estimate of drug-likeness (QED) is 0.254. The van der Waals surface area contributed by atoms with Crippen LogP contribution in [0.25, 0.3) is 0 Å². The summed E-state index contributed by atoms with van der Waals surface area (Å²) in [6, 6.07) is 4.14. The Hall–Kier alpha value is -1.34. The molecule has 1 aromatic rings. The van der Waals surface area contributed by atoms with Crippen molar-refractivity contribution in [1.82, 2.24) is 0 Å². The van der Waals surface area contributed by atoms with Crippen LogP contribution in [-0.2, 0) is 20.6 Å². The van der Waals surface area contributed by atoms with Gasteiger partial charge < -0.3 is 29.2 Å². The van der Waals surface area contributed by atoms with Gasteiger partial charge in [0.1, 0.15) is 18.1 Å². The summed E-state index contributed by atoms with van der Waals surface area (Å²) in [4.78, 5) is 0. The van der Waals surface area contributed by atoms with E-state index in [2.05, 4.69) is 33.8 Å². The van der Waals surface area contributed by atoms with Gasteiger partial charge in [0.15, 0.2) is 0 Å². The topological polar surface area (TPSA) is 77.4 Å². The molecular weight excluding hydrogens is 444 g/mol. The Kier molecular flexibility index (Phi) is 14.7. The molecule has 1 saturated carbocycles. The normalized spacial score (nSPS) is 20.5. The van der Waals surface area contributed by atoms with Crippen LogP contribution in [0.5, 0.6) is 11.5 Å². The Labute approximate surface area is 213 Å². The third kappa shape index (κ3) is 10.7. The van der Waals surface area contributed by atoms with Crippen LogP contribution in [0.4, 0.5) is 0 Å². The van der Waals surface area contributed by atoms with E-state index in [1.54, 1.807) is 0 Å². The first-order chi connectivity index (χ1) is 17.0. The molecule has 0 aliphatic heterocycles. The first kappa shape index (κ1) is 29.9. The molecule has 1 fully saturated rings. The summed E-state index contributed by atoms with van der Waals surface area (Å²) in [7, 11) is 0. The van der Waals surface area contributed by atoms with Crippen molar-refractivity contribution in [3.05, 3.63) is 23.3 Å². The van der Waals surface area contributed by atoms with Gasteiger partial charge in [0.05, 0.1) is 46.2 Å². The number of rotatable bonds is 18. The van der Waals surface area contributed by atoms with Crippen LogP contribution >= 0.6 is 0 Å². The molecule has 0 heterocycles. The highest BCUT2D eigenvalue weighted by atomic mass is 16.6. The molecule has 3 atom stereocenters. The lowest BCUT2D eigenvalue weighted by Crippen LogP contribution is -2.26. The molecule has 6 heteroatoms. The molecule has 2 N–H and O–H groups in total. The molecular formula is C29H50O6. The molecule has 1 aliphatic carbocycles. The van der Waals surface area contributed by atoms with Crippen molar-refractivity contribution >= 4 is 0 Å². The lowest BCUT2D eigenvalue weighted by Gasteiger charge is -2.38. The van der Waals surface area contributed by atoms with Crippen molar-refractivity contribution in [2.45, 2.75) is 78.6 Å². The molecule has 0 aromatic heterocycles.